The number of nitrogens with zero attached hydrogens (tertiary/aromatic N) is 1. The Bertz CT molecular complexity index is 526. The summed E-state index contributed by atoms with van der Waals surface area (Å²) in [6, 6.07) is 10.6. The van der Waals surface area contributed by atoms with Crippen molar-refractivity contribution in [3.8, 4) is 0 Å². The van der Waals surface area contributed by atoms with Gasteiger partial charge in [-0.2, -0.15) is 0 Å². The van der Waals surface area contributed by atoms with Crippen molar-refractivity contribution in [2.45, 2.75) is 19.5 Å². The van der Waals surface area contributed by atoms with Crippen LogP contribution < -0.4 is 0 Å². The van der Waals surface area contributed by atoms with Crippen molar-refractivity contribution in [2.75, 3.05) is 7.05 Å². The van der Waals surface area contributed by atoms with Gasteiger partial charge in [0.1, 0.15) is 11.6 Å². The normalized spacial score (nSPS) is 12.9. The Balaban J connectivity index is 2.09. The van der Waals surface area contributed by atoms with E-state index in [-0.39, 0.29) is 11.9 Å². The summed E-state index contributed by atoms with van der Waals surface area (Å²) in [5, 5.41) is 0. The molecule has 96 valence electrons. The van der Waals surface area contributed by atoms with Gasteiger partial charge in [-0.3, -0.25) is 4.90 Å². The molecule has 1 atom stereocenters. The van der Waals surface area contributed by atoms with Gasteiger partial charge >= 0.3 is 0 Å². The highest BCUT2D eigenvalue weighted by molar-refractivity contribution is 9.10. The number of furan rings is 1. The van der Waals surface area contributed by atoms with E-state index in [2.05, 4.69) is 15.9 Å². The fraction of sp³-hybridized carbons (Fsp3) is 0.286. The summed E-state index contributed by atoms with van der Waals surface area (Å²) in [6.45, 7) is 2.62. The SMILES string of the molecule is CC(c1ccccc1F)N(C)Cc1ccc(Br)o1. The quantitative estimate of drug-likeness (QED) is 0.833. The molecule has 1 aromatic heterocycles. The highest BCUT2D eigenvalue weighted by Gasteiger charge is 2.16. The molecule has 2 nitrogen and oxygen atoms in total. The van der Waals surface area contributed by atoms with E-state index < -0.39 is 0 Å². The zero-order valence-corrected chi connectivity index (χ0v) is 11.9. The molecule has 4 heteroatoms. The lowest BCUT2D eigenvalue weighted by Gasteiger charge is -2.24. The average molecular weight is 312 g/mol. The monoisotopic (exact) mass is 311 g/mol. The van der Waals surface area contributed by atoms with Crippen LogP contribution in [-0.2, 0) is 6.54 Å². The van der Waals surface area contributed by atoms with Crippen molar-refractivity contribution >= 4 is 15.9 Å². The van der Waals surface area contributed by atoms with Gasteiger partial charge in [0, 0.05) is 11.6 Å². The molecule has 2 aromatic rings. The van der Waals surface area contributed by atoms with Gasteiger partial charge in [0.2, 0.25) is 0 Å². The Kier molecular flexibility index (Phi) is 4.19. The molecule has 0 radical (unpaired) electrons. The van der Waals surface area contributed by atoms with E-state index in [9.17, 15) is 4.39 Å². The minimum absolute atomic E-state index is 0.00456. The molecular weight excluding hydrogens is 297 g/mol. The van der Waals surface area contributed by atoms with E-state index in [1.807, 2.05) is 43.1 Å². The third kappa shape index (κ3) is 3.00. The van der Waals surface area contributed by atoms with Crippen LogP contribution >= 0.6 is 15.9 Å². The van der Waals surface area contributed by atoms with Crippen molar-refractivity contribution in [3.63, 3.8) is 0 Å². The molecule has 0 saturated heterocycles. The van der Waals surface area contributed by atoms with Gasteiger partial charge in [0.05, 0.1) is 6.54 Å². The molecule has 0 N–H and O–H groups in total. The van der Waals surface area contributed by atoms with Crippen molar-refractivity contribution in [1.29, 1.82) is 0 Å². The first-order valence-electron chi connectivity index (χ1n) is 5.77. The summed E-state index contributed by atoms with van der Waals surface area (Å²) in [5.74, 6) is 0.685. The Hall–Kier alpha value is -1.13. The summed E-state index contributed by atoms with van der Waals surface area (Å²) in [7, 11) is 1.95. The molecule has 2 rings (SSSR count). The molecule has 0 saturated carbocycles. The van der Waals surface area contributed by atoms with Gasteiger partial charge < -0.3 is 4.42 Å². The molecule has 0 aliphatic rings. The molecule has 0 aliphatic carbocycles. The lowest BCUT2D eigenvalue weighted by Crippen LogP contribution is -2.22. The van der Waals surface area contributed by atoms with E-state index in [1.165, 1.54) is 6.07 Å². The number of benzene rings is 1. The van der Waals surface area contributed by atoms with Gasteiger partial charge in [-0.05, 0) is 48.1 Å². The number of hydrogen-bond donors (Lipinski definition) is 0. The van der Waals surface area contributed by atoms with E-state index in [1.54, 1.807) is 6.07 Å². The van der Waals surface area contributed by atoms with Crippen molar-refractivity contribution in [3.05, 3.63) is 58.2 Å². The van der Waals surface area contributed by atoms with Crippen molar-refractivity contribution < 1.29 is 8.81 Å². The highest BCUT2D eigenvalue weighted by Crippen LogP contribution is 2.24. The van der Waals surface area contributed by atoms with E-state index >= 15 is 0 Å². The molecule has 0 aliphatic heterocycles. The predicted molar refractivity (Wildman–Crippen MR) is 72.7 cm³/mol. The summed E-state index contributed by atoms with van der Waals surface area (Å²) in [4.78, 5) is 2.05. The first-order chi connectivity index (χ1) is 8.58. The maximum Gasteiger partial charge on any atom is 0.169 e. The van der Waals surface area contributed by atoms with E-state index in [0.717, 1.165) is 5.76 Å². The topological polar surface area (TPSA) is 16.4 Å². The minimum atomic E-state index is -0.169. The summed E-state index contributed by atoms with van der Waals surface area (Å²) >= 11 is 3.27. The van der Waals surface area contributed by atoms with Gasteiger partial charge in [-0.15, -0.1) is 0 Å². The van der Waals surface area contributed by atoms with Crippen LogP contribution in [0.3, 0.4) is 0 Å². The lowest BCUT2D eigenvalue weighted by atomic mass is 10.1. The second-order valence-corrected chi connectivity index (χ2v) is 5.10. The number of hydrogen-bond acceptors (Lipinski definition) is 2. The Morgan fingerprint density at radius 1 is 1.28 bits per heavy atom. The molecule has 1 unspecified atom stereocenters. The maximum absolute atomic E-state index is 13.7. The molecule has 0 fully saturated rings. The smallest absolute Gasteiger partial charge is 0.169 e. The number of halogens is 2. The van der Waals surface area contributed by atoms with Gasteiger partial charge in [-0.25, -0.2) is 4.39 Å². The van der Waals surface area contributed by atoms with Crippen LogP contribution in [0.1, 0.15) is 24.3 Å². The molecule has 0 spiro atoms. The van der Waals surface area contributed by atoms with E-state index in [4.69, 9.17) is 4.42 Å². The fourth-order valence-corrected chi connectivity index (χ4v) is 2.21. The Labute approximate surface area is 115 Å². The summed E-state index contributed by atoms with van der Waals surface area (Å²) < 4.78 is 19.8. The third-order valence-corrected chi connectivity index (χ3v) is 3.48. The largest absolute Gasteiger partial charge is 0.453 e. The second kappa shape index (κ2) is 5.67. The molecular formula is C14H15BrFNO. The molecule has 0 amide bonds. The minimum Gasteiger partial charge on any atom is -0.453 e. The van der Waals surface area contributed by atoms with Crippen LogP contribution in [0.5, 0.6) is 0 Å². The molecule has 1 heterocycles. The molecule has 0 bridgehead atoms. The van der Waals surface area contributed by atoms with Crippen LogP contribution in [0, 0.1) is 5.82 Å². The van der Waals surface area contributed by atoms with Gasteiger partial charge in [-0.1, -0.05) is 18.2 Å². The predicted octanol–water partition coefficient (Wildman–Crippen LogP) is 4.37. The van der Waals surface area contributed by atoms with E-state index in [0.29, 0.717) is 16.8 Å². The van der Waals surface area contributed by atoms with Crippen LogP contribution in [0.2, 0.25) is 0 Å². The van der Waals surface area contributed by atoms with Crippen LogP contribution in [-0.4, -0.2) is 11.9 Å². The summed E-state index contributed by atoms with van der Waals surface area (Å²) in [5.41, 5.74) is 0.700. The van der Waals surface area contributed by atoms with Crippen LogP contribution in [0.15, 0.2) is 45.5 Å². The van der Waals surface area contributed by atoms with Crippen LogP contribution in [0.4, 0.5) is 4.39 Å². The van der Waals surface area contributed by atoms with Gasteiger partial charge in [0.25, 0.3) is 0 Å². The first kappa shape index (κ1) is 13.3. The van der Waals surface area contributed by atoms with Gasteiger partial charge in [0.15, 0.2) is 4.67 Å². The summed E-state index contributed by atoms with van der Waals surface area (Å²) in [6.07, 6.45) is 0. The molecule has 18 heavy (non-hydrogen) atoms. The van der Waals surface area contributed by atoms with Crippen LogP contribution in [0.25, 0.3) is 0 Å². The average Bonchev–Trinajstić information content (AvgIpc) is 2.74. The zero-order chi connectivity index (χ0) is 13.1. The highest BCUT2D eigenvalue weighted by atomic mass is 79.9. The molecule has 1 aromatic carbocycles. The Morgan fingerprint density at radius 2 is 2.00 bits per heavy atom. The Morgan fingerprint density at radius 3 is 2.61 bits per heavy atom. The fourth-order valence-electron chi connectivity index (χ4n) is 1.87. The number of rotatable bonds is 4. The zero-order valence-electron chi connectivity index (χ0n) is 10.4. The van der Waals surface area contributed by atoms with Crippen molar-refractivity contribution in [1.82, 2.24) is 4.90 Å². The lowest BCUT2D eigenvalue weighted by molar-refractivity contribution is 0.227. The van der Waals surface area contributed by atoms with Crippen molar-refractivity contribution in [2.24, 2.45) is 0 Å². The third-order valence-electron chi connectivity index (χ3n) is 3.05. The standard InChI is InChI=1S/C14H15BrFNO/c1-10(12-5-3-4-6-13(12)16)17(2)9-11-7-8-14(15)18-11/h3-8,10H,9H2,1-2H3. The first-order valence-corrected chi connectivity index (χ1v) is 6.56. The maximum atomic E-state index is 13.7. The second-order valence-electron chi connectivity index (χ2n) is 4.32.